The highest BCUT2D eigenvalue weighted by Crippen LogP contribution is 2.40. The standard InChI is InChI=1S/C16H15N3O5/c20-14-9-5-11(15(14)21)24-19(9)16(22)13-8-6-23-10-4-2-1-3-7(10)12(8)17-18-13/h1-4,9,11,14-15,20-21H,5-6H2,(H,17,18)/t9-,11+,14+,15-/m0/s1. The van der Waals surface area contributed by atoms with Gasteiger partial charge >= 0.3 is 0 Å². The predicted octanol–water partition coefficient (Wildman–Crippen LogP) is 0.219. The van der Waals surface area contributed by atoms with Crippen LogP contribution in [0.25, 0.3) is 11.3 Å². The number of benzene rings is 1. The molecule has 0 unspecified atom stereocenters. The number of aromatic amines is 1. The van der Waals surface area contributed by atoms with Gasteiger partial charge < -0.3 is 14.9 Å². The molecule has 24 heavy (non-hydrogen) atoms. The van der Waals surface area contributed by atoms with Crippen LogP contribution in [0.2, 0.25) is 0 Å². The van der Waals surface area contributed by atoms with Crippen LogP contribution in [0, 0.1) is 0 Å². The smallest absolute Gasteiger partial charge is 0.296 e. The zero-order valence-corrected chi connectivity index (χ0v) is 12.5. The number of ether oxygens (including phenoxy) is 1. The van der Waals surface area contributed by atoms with Gasteiger partial charge in [0.1, 0.15) is 42.1 Å². The largest absolute Gasteiger partial charge is 0.488 e. The number of nitrogens with zero attached hydrogens (tertiary/aromatic N) is 2. The summed E-state index contributed by atoms with van der Waals surface area (Å²) in [4.78, 5) is 18.3. The summed E-state index contributed by atoms with van der Waals surface area (Å²) in [5, 5.41) is 28.0. The number of H-pyrrole nitrogens is 1. The van der Waals surface area contributed by atoms with Gasteiger partial charge in [-0.2, -0.15) is 5.10 Å². The number of aromatic nitrogens is 2. The van der Waals surface area contributed by atoms with Crippen molar-refractivity contribution in [2.24, 2.45) is 0 Å². The Balaban J connectivity index is 1.50. The summed E-state index contributed by atoms with van der Waals surface area (Å²) in [5.74, 6) is 0.315. The van der Waals surface area contributed by atoms with E-state index in [1.54, 1.807) is 0 Å². The number of hydrogen-bond donors (Lipinski definition) is 3. The topological polar surface area (TPSA) is 108 Å². The van der Waals surface area contributed by atoms with E-state index in [4.69, 9.17) is 9.57 Å². The lowest BCUT2D eigenvalue weighted by Gasteiger charge is -2.32. The van der Waals surface area contributed by atoms with Gasteiger partial charge in [-0.3, -0.25) is 14.7 Å². The fraction of sp³-hybridized carbons (Fsp3) is 0.375. The van der Waals surface area contributed by atoms with Gasteiger partial charge in [0.15, 0.2) is 0 Å². The van der Waals surface area contributed by atoms with Gasteiger partial charge in [0.25, 0.3) is 5.91 Å². The molecule has 0 spiro atoms. The third-order valence-electron chi connectivity index (χ3n) is 4.94. The van der Waals surface area contributed by atoms with E-state index in [2.05, 4.69) is 10.2 Å². The van der Waals surface area contributed by atoms with Crippen LogP contribution in [0.1, 0.15) is 22.5 Å². The van der Waals surface area contributed by atoms with Gasteiger partial charge in [-0.25, -0.2) is 5.06 Å². The summed E-state index contributed by atoms with van der Waals surface area (Å²) in [7, 11) is 0. The van der Waals surface area contributed by atoms with Crippen LogP contribution in [0.4, 0.5) is 0 Å². The molecule has 124 valence electrons. The number of rotatable bonds is 1. The minimum Gasteiger partial charge on any atom is -0.488 e. The van der Waals surface area contributed by atoms with E-state index < -0.39 is 30.3 Å². The molecule has 1 amide bonds. The molecule has 8 heteroatoms. The van der Waals surface area contributed by atoms with Crippen LogP contribution >= 0.6 is 0 Å². The summed E-state index contributed by atoms with van der Waals surface area (Å²) >= 11 is 0. The number of para-hydroxylation sites is 1. The van der Waals surface area contributed by atoms with E-state index in [1.807, 2.05) is 24.3 Å². The molecule has 3 heterocycles. The molecular formula is C16H15N3O5. The second kappa shape index (κ2) is 4.79. The first-order chi connectivity index (χ1) is 11.6. The predicted molar refractivity (Wildman–Crippen MR) is 79.8 cm³/mol. The summed E-state index contributed by atoms with van der Waals surface area (Å²) in [5.41, 5.74) is 2.47. The minimum atomic E-state index is -0.997. The van der Waals surface area contributed by atoms with E-state index in [0.29, 0.717) is 17.7 Å². The SMILES string of the molecule is O=C(c1[nH]nc2c1COc1ccccc1-2)N1O[C@@H]2C[C@H]1[C@@H](O)[C@H]2O. The maximum atomic E-state index is 12.8. The molecule has 0 radical (unpaired) electrons. The highest BCUT2D eigenvalue weighted by atomic mass is 16.7. The highest BCUT2D eigenvalue weighted by Gasteiger charge is 2.54. The quantitative estimate of drug-likeness (QED) is 0.691. The number of nitrogens with one attached hydrogen (secondary N) is 1. The number of fused-ring (bicyclic) bond motifs is 5. The van der Waals surface area contributed by atoms with Crippen LogP contribution in [0.5, 0.6) is 5.75 Å². The molecule has 2 bridgehead atoms. The number of hydroxylamine groups is 2. The zero-order valence-electron chi connectivity index (χ0n) is 12.5. The van der Waals surface area contributed by atoms with Crippen LogP contribution < -0.4 is 4.74 Å². The lowest BCUT2D eigenvalue weighted by Crippen LogP contribution is -2.51. The Bertz CT molecular complexity index is 833. The molecule has 4 atom stereocenters. The van der Waals surface area contributed by atoms with Gasteiger partial charge in [-0.05, 0) is 12.1 Å². The van der Waals surface area contributed by atoms with Crippen LogP contribution in [0.3, 0.4) is 0 Å². The van der Waals surface area contributed by atoms with E-state index in [9.17, 15) is 15.0 Å². The van der Waals surface area contributed by atoms with Crippen molar-refractivity contribution < 1.29 is 24.6 Å². The van der Waals surface area contributed by atoms with Gasteiger partial charge in [-0.15, -0.1) is 0 Å². The molecule has 1 aliphatic carbocycles. The fourth-order valence-electron chi connectivity index (χ4n) is 3.68. The molecule has 3 N–H and O–H groups in total. The van der Waals surface area contributed by atoms with Crippen LogP contribution in [0.15, 0.2) is 24.3 Å². The monoisotopic (exact) mass is 329 g/mol. The van der Waals surface area contributed by atoms with Crippen molar-refractivity contribution in [1.29, 1.82) is 0 Å². The molecule has 8 nitrogen and oxygen atoms in total. The average Bonchev–Trinajstić information content (AvgIpc) is 3.29. The minimum absolute atomic E-state index is 0.233. The summed E-state index contributed by atoms with van der Waals surface area (Å²) in [6.45, 7) is 0.233. The van der Waals surface area contributed by atoms with E-state index in [0.717, 1.165) is 16.4 Å². The molecule has 2 fully saturated rings. The molecule has 1 saturated carbocycles. The number of carbonyl (C=O) groups is 1. The van der Waals surface area contributed by atoms with Crippen molar-refractivity contribution >= 4 is 5.91 Å². The zero-order chi connectivity index (χ0) is 16.4. The summed E-state index contributed by atoms with van der Waals surface area (Å²) in [6.07, 6.45) is -2.08. The third-order valence-corrected chi connectivity index (χ3v) is 4.94. The third kappa shape index (κ3) is 1.73. The Morgan fingerprint density at radius 3 is 2.92 bits per heavy atom. The highest BCUT2D eigenvalue weighted by molar-refractivity contribution is 5.96. The summed E-state index contributed by atoms with van der Waals surface area (Å²) < 4.78 is 5.70. The summed E-state index contributed by atoms with van der Waals surface area (Å²) in [6, 6.07) is 6.96. The lowest BCUT2D eigenvalue weighted by atomic mass is 10.0. The van der Waals surface area contributed by atoms with Crippen molar-refractivity contribution in [3.05, 3.63) is 35.5 Å². The van der Waals surface area contributed by atoms with Crippen molar-refractivity contribution in [2.45, 2.75) is 37.4 Å². The van der Waals surface area contributed by atoms with Crippen LogP contribution in [-0.4, -0.2) is 55.7 Å². The van der Waals surface area contributed by atoms with Gasteiger partial charge in [0, 0.05) is 17.5 Å². The van der Waals surface area contributed by atoms with Crippen molar-refractivity contribution in [3.63, 3.8) is 0 Å². The Morgan fingerprint density at radius 1 is 1.29 bits per heavy atom. The molecular weight excluding hydrogens is 314 g/mol. The fourth-order valence-corrected chi connectivity index (χ4v) is 3.68. The normalized spacial score (nSPS) is 30.0. The van der Waals surface area contributed by atoms with Crippen molar-refractivity contribution in [1.82, 2.24) is 15.3 Å². The van der Waals surface area contributed by atoms with Gasteiger partial charge in [0.05, 0.1) is 6.04 Å². The number of amides is 1. The average molecular weight is 329 g/mol. The van der Waals surface area contributed by atoms with E-state index >= 15 is 0 Å². The maximum absolute atomic E-state index is 12.8. The first-order valence-electron chi connectivity index (χ1n) is 7.81. The Kier molecular flexibility index (Phi) is 2.79. The molecule has 1 saturated heterocycles. The number of aliphatic hydroxyl groups is 2. The van der Waals surface area contributed by atoms with Gasteiger partial charge in [-0.1, -0.05) is 12.1 Å². The van der Waals surface area contributed by atoms with E-state index in [1.165, 1.54) is 0 Å². The number of hydrogen-bond acceptors (Lipinski definition) is 6. The second-order valence-corrected chi connectivity index (χ2v) is 6.27. The Morgan fingerprint density at radius 2 is 2.12 bits per heavy atom. The second-order valence-electron chi connectivity index (χ2n) is 6.27. The molecule has 1 aromatic carbocycles. The maximum Gasteiger partial charge on any atom is 0.296 e. The first kappa shape index (κ1) is 14.0. The number of carbonyl (C=O) groups excluding carboxylic acids is 1. The van der Waals surface area contributed by atoms with Gasteiger partial charge in [0.2, 0.25) is 0 Å². The van der Waals surface area contributed by atoms with E-state index in [-0.39, 0.29) is 12.3 Å². The molecule has 2 aromatic rings. The van der Waals surface area contributed by atoms with Crippen LogP contribution in [-0.2, 0) is 11.4 Å². The number of aliphatic hydroxyl groups excluding tert-OH is 2. The lowest BCUT2D eigenvalue weighted by molar-refractivity contribution is -0.216. The molecule has 3 aliphatic rings. The molecule has 5 rings (SSSR count). The van der Waals surface area contributed by atoms with Crippen molar-refractivity contribution in [2.75, 3.05) is 0 Å². The van der Waals surface area contributed by atoms with Crippen molar-refractivity contribution in [3.8, 4) is 17.0 Å². The molecule has 1 aromatic heterocycles. The first-order valence-corrected chi connectivity index (χ1v) is 7.81. The molecule has 2 aliphatic heterocycles. The Labute approximate surface area is 136 Å². The Hall–Kier alpha value is -2.42.